The number of nitrogens with zero attached hydrogens (tertiary/aromatic N) is 2. The molecule has 2 bridgehead atoms. The van der Waals surface area contributed by atoms with E-state index in [0.717, 1.165) is 25.5 Å². The number of hydrogen-bond donors (Lipinski definition) is 1. The van der Waals surface area contributed by atoms with Crippen LogP contribution in [0.15, 0.2) is 18.5 Å². The lowest BCUT2D eigenvalue weighted by atomic mass is 9.97. The number of fused-ring (bicyclic) bond motifs is 2. The zero-order valence-corrected chi connectivity index (χ0v) is 12.4. The third-order valence-corrected chi connectivity index (χ3v) is 4.62. The van der Waals surface area contributed by atoms with E-state index in [9.17, 15) is 9.18 Å². The molecule has 2 atom stereocenters. The molecule has 3 heterocycles. The zero-order chi connectivity index (χ0) is 14.8. The quantitative estimate of drug-likeness (QED) is 0.926. The van der Waals surface area contributed by atoms with Gasteiger partial charge in [-0.2, -0.15) is 0 Å². The zero-order valence-electron chi connectivity index (χ0n) is 12.4. The van der Waals surface area contributed by atoms with Gasteiger partial charge in [0.1, 0.15) is 0 Å². The van der Waals surface area contributed by atoms with Gasteiger partial charge in [-0.05, 0) is 38.2 Å². The molecule has 2 aliphatic rings. The van der Waals surface area contributed by atoms with Crippen LogP contribution in [0.2, 0.25) is 0 Å². The van der Waals surface area contributed by atoms with E-state index >= 15 is 0 Å². The maximum absolute atomic E-state index is 13.9. The van der Waals surface area contributed by atoms with E-state index in [-0.39, 0.29) is 17.5 Å². The molecule has 2 aliphatic heterocycles. The Hall–Kier alpha value is -1.49. The standard InChI is InChI=1S/C16H22FN3O/c1-2-7-20(13-8-11-3-4-12(9-13)19-11)16(21)14-5-6-18-10-15(14)17/h5-6,10-13,19H,2-4,7-9H2,1H3. The van der Waals surface area contributed by atoms with E-state index in [1.165, 1.54) is 25.1 Å². The van der Waals surface area contributed by atoms with Gasteiger partial charge in [0.25, 0.3) is 5.91 Å². The van der Waals surface area contributed by atoms with Gasteiger partial charge in [-0.3, -0.25) is 9.78 Å². The predicted molar refractivity (Wildman–Crippen MR) is 78.5 cm³/mol. The Balaban J connectivity index is 1.81. The number of hydrogen-bond acceptors (Lipinski definition) is 3. The predicted octanol–water partition coefficient (Wildman–Crippen LogP) is 2.36. The average molecular weight is 291 g/mol. The molecule has 5 heteroatoms. The highest BCUT2D eigenvalue weighted by atomic mass is 19.1. The van der Waals surface area contributed by atoms with E-state index in [1.807, 2.05) is 4.90 Å². The summed E-state index contributed by atoms with van der Waals surface area (Å²) in [5.41, 5.74) is 0.143. The van der Waals surface area contributed by atoms with Crippen LogP contribution < -0.4 is 5.32 Å². The van der Waals surface area contributed by atoms with Crippen molar-refractivity contribution in [1.29, 1.82) is 0 Å². The molecular formula is C16H22FN3O. The molecule has 114 valence electrons. The second-order valence-corrected chi connectivity index (χ2v) is 6.12. The first-order chi connectivity index (χ1) is 10.2. The van der Waals surface area contributed by atoms with Crippen LogP contribution in [0.5, 0.6) is 0 Å². The topological polar surface area (TPSA) is 45.2 Å². The molecule has 1 aromatic heterocycles. The Morgan fingerprint density at radius 1 is 1.43 bits per heavy atom. The number of halogens is 1. The van der Waals surface area contributed by atoms with Crippen molar-refractivity contribution in [3.8, 4) is 0 Å². The largest absolute Gasteiger partial charge is 0.335 e. The Morgan fingerprint density at radius 2 is 2.14 bits per heavy atom. The van der Waals surface area contributed by atoms with Gasteiger partial charge in [-0.15, -0.1) is 0 Å². The third-order valence-electron chi connectivity index (χ3n) is 4.62. The lowest BCUT2D eigenvalue weighted by Gasteiger charge is -2.37. The number of rotatable bonds is 4. The molecule has 1 aromatic rings. The molecule has 3 rings (SSSR count). The first kappa shape index (κ1) is 14.4. The molecule has 2 saturated heterocycles. The van der Waals surface area contributed by atoms with Gasteiger partial charge >= 0.3 is 0 Å². The van der Waals surface area contributed by atoms with Crippen molar-refractivity contribution in [2.45, 2.75) is 57.2 Å². The molecule has 2 fully saturated rings. The van der Waals surface area contributed by atoms with E-state index in [1.54, 1.807) is 0 Å². The van der Waals surface area contributed by atoms with E-state index in [0.29, 0.717) is 18.6 Å². The van der Waals surface area contributed by atoms with Crippen molar-refractivity contribution >= 4 is 5.91 Å². The molecule has 0 aromatic carbocycles. The summed E-state index contributed by atoms with van der Waals surface area (Å²) in [6.45, 7) is 2.74. The van der Waals surface area contributed by atoms with Crippen molar-refractivity contribution in [3.63, 3.8) is 0 Å². The third kappa shape index (κ3) is 2.93. The fraction of sp³-hybridized carbons (Fsp3) is 0.625. The number of amides is 1. The number of nitrogens with one attached hydrogen (secondary N) is 1. The maximum atomic E-state index is 13.9. The summed E-state index contributed by atoms with van der Waals surface area (Å²) in [6.07, 6.45) is 7.83. The number of piperidine rings is 1. The van der Waals surface area contributed by atoms with Gasteiger partial charge < -0.3 is 10.2 Å². The van der Waals surface area contributed by atoms with Gasteiger partial charge in [0.2, 0.25) is 0 Å². The number of aromatic nitrogens is 1. The van der Waals surface area contributed by atoms with Crippen LogP contribution in [0.3, 0.4) is 0 Å². The second-order valence-electron chi connectivity index (χ2n) is 6.12. The SMILES string of the molecule is CCCN(C(=O)c1ccncc1F)C1CC2CCC(C1)N2. The van der Waals surface area contributed by atoms with Crippen molar-refractivity contribution in [2.75, 3.05) is 6.54 Å². The Morgan fingerprint density at radius 3 is 2.76 bits per heavy atom. The molecule has 0 spiro atoms. The average Bonchev–Trinajstić information content (AvgIpc) is 2.83. The Labute approximate surface area is 124 Å². The minimum absolute atomic E-state index is 0.143. The lowest BCUT2D eigenvalue weighted by Crippen LogP contribution is -2.50. The first-order valence-electron chi connectivity index (χ1n) is 7.85. The number of carbonyl (C=O) groups is 1. The maximum Gasteiger partial charge on any atom is 0.257 e. The van der Waals surface area contributed by atoms with Crippen molar-refractivity contribution in [2.24, 2.45) is 0 Å². The van der Waals surface area contributed by atoms with Crippen molar-refractivity contribution < 1.29 is 9.18 Å². The molecule has 21 heavy (non-hydrogen) atoms. The van der Waals surface area contributed by atoms with Crippen molar-refractivity contribution in [1.82, 2.24) is 15.2 Å². The normalized spacial score (nSPS) is 27.6. The highest BCUT2D eigenvalue weighted by Gasteiger charge is 2.37. The summed E-state index contributed by atoms with van der Waals surface area (Å²) in [4.78, 5) is 18.3. The molecule has 0 radical (unpaired) electrons. The van der Waals surface area contributed by atoms with Gasteiger partial charge in [0, 0.05) is 30.9 Å². The molecule has 2 unspecified atom stereocenters. The van der Waals surface area contributed by atoms with Crippen LogP contribution in [-0.2, 0) is 0 Å². The molecule has 1 amide bonds. The van der Waals surface area contributed by atoms with E-state index in [2.05, 4.69) is 17.2 Å². The highest BCUT2D eigenvalue weighted by Crippen LogP contribution is 2.30. The van der Waals surface area contributed by atoms with Gasteiger partial charge in [-0.1, -0.05) is 6.92 Å². The summed E-state index contributed by atoms with van der Waals surface area (Å²) in [7, 11) is 0. The minimum Gasteiger partial charge on any atom is -0.335 e. The summed E-state index contributed by atoms with van der Waals surface area (Å²) in [5, 5.41) is 3.59. The van der Waals surface area contributed by atoms with Gasteiger partial charge in [-0.25, -0.2) is 4.39 Å². The van der Waals surface area contributed by atoms with Crippen LogP contribution in [0.4, 0.5) is 4.39 Å². The summed E-state index contributed by atoms with van der Waals surface area (Å²) < 4.78 is 13.9. The van der Waals surface area contributed by atoms with Gasteiger partial charge in [0.05, 0.1) is 11.8 Å². The molecule has 0 aliphatic carbocycles. The monoisotopic (exact) mass is 291 g/mol. The van der Waals surface area contributed by atoms with Crippen LogP contribution >= 0.6 is 0 Å². The minimum atomic E-state index is -0.527. The smallest absolute Gasteiger partial charge is 0.257 e. The van der Waals surface area contributed by atoms with Crippen LogP contribution in [0.1, 0.15) is 49.4 Å². The fourth-order valence-electron chi connectivity index (χ4n) is 3.68. The molecule has 1 N–H and O–H groups in total. The second kappa shape index (κ2) is 6.10. The highest BCUT2D eigenvalue weighted by molar-refractivity contribution is 5.94. The van der Waals surface area contributed by atoms with Crippen LogP contribution in [-0.4, -0.2) is 40.5 Å². The Kier molecular flexibility index (Phi) is 4.19. The Bertz CT molecular complexity index is 510. The summed E-state index contributed by atoms with van der Waals surface area (Å²) in [6, 6.07) is 2.74. The lowest BCUT2D eigenvalue weighted by molar-refractivity contribution is 0.0612. The molecule has 0 saturated carbocycles. The van der Waals surface area contributed by atoms with E-state index < -0.39 is 5.82 Å². The van der Waals surface area contributed by atoms with E-state index in [4.69, 9.17) is 0 Å². The molecular weight excluding hydrogens is 269 g/mol. The summed E-state index contributed by atoms with van der Waals surface area (Å²) >= 11 is 0. The number of carbonyl (C=O) groups excluding carboxylic acids is 1. The van der Waals surface area contributed by atoms with Crippen molar-refractivity contribution in [3.05, 3.63) is 29.8 Å². The molecule has 4 nitrogen and oxygen atoms in total. The fourth-order valence-corrected chi connectivity index (χ4v) is 3.68. The first-order valence-corrected chi connectivity index (χ1v) is 7.85. The van der Waals surface area contributed by atoms with Crippen LogP contribution in [0.25, 0.3) is 0 Å². The number of pyridine rings is 1. The van der Waals surface area contributed by atoms with Gasteiger partial charge in [0.15, 0.2) is 5.82 Å². The van der Waals surface area contributed by atoms with Crippen LogP contribution in [0, 0.1) is 5.82 Å². The summed E-state index contributed by atoms with van der Waals surface area (Å²) in [5.74, 6) is -0.719.